The largest absolute Gasteiger partial charge is 0.370 e. The highest BCUT2D eigenvalue weighted by atomic mass is 32.1. The van der Waals surface area contributed by atoms with Gasteiger partial charge in [-0.15, -0.1) is 17.9 Å². The number of benzene rings is 1. The summed E-state index contributed by atoms with van der Waals surface area (Å²) < 4.78 is 0. The Labute approximate surface area is 276 Å². The first kappa shape index (κ1) is 48.2. The quantitative estimate of drug-likeness (QED) is 0.195. The molecule has 1 aliphatic rings. The lowest BCUT2D eigenvalue weighted by Gasteiger charge is -2.15. The third-order valence-corrected chi connectivity index (χ3v) is 6.89. The number of nitrogens with zero attached hydrogens (tertiary/aromatic N) is 1. The van der Waals surface area contributed by atoms with Crippen LogP contribution in [0, 0.1) is 19.8 Å². The van der Waals surface area contributed by atoms with E-state index in [0.717, 1.165) is 35.7 Å². The van der Waals surface area contributed by atoms with Gasteiger partial charge in [0.05, 0.1) is 4.88 Å². The molecule has 2 amide bonds. The molecule has 254 valence electrons. The molecule has 2 N–H and O–H groups in total. The molecule has 0 aliphatic heterocycles. The van der Waals surface area contributed by atoms with Crippen LogP contribution in [0.4, 0.5) is 5.69 Å². The number of Topliss-reactive ketones (excluding diaryl/α,β-unsaturated/α-hetero) is 1. The second-order valence-electron chi connectivity index (χ2n) is 11.2. The molecule has 0 atom stereocenters. The van der Waals surface area contributed by atoms with E-state index in [1.54, 1.807) is 18.9 Å². The van der Waals surface area contributed by atoms with Gasteiger partial charge < -0.3 is 10.6 Å². The molecule has 1 saturated carbocycles. The van der Waals surface area contributed by atoms with Gasteiger partial charge in [-0.1, -0.05) is 111 Å². The molecule has 3 rings (SSSR count). The summed E-state index contributed by atoms with van der Waals surface area (Å²) in [5.74, 6) is 0.978. The maximum Gasteiger partial charge on any atom is 0.217 e. The van der Waals surface area contributed by atoms with Gasteiger partial charge in [0.1, 0.15) is 0 Å². The number of rotatable bonds is 6. The van der Waals surface area contributed by atoms with E-state index in [1.165, 1.54) is 73.0 Å². The number of carbonyl (C=O) groups excluding carboxylic acids is 3. The fourth-order valence-electron chi connectivity index (χ4n) is 3.04. The molecule has 44 heavy (non-hydrogen) atoms. The smallest absolute Gasteiger partial charge is 0.217 e. The lowest BCUT2D eigenvalue weighted by molar-refractivity contribution is -0.118. The van der Waals surface area contributed by atoms with Gasteiger partial charge in [-0.05, 0) is 81.2 Å². The molecular weight excluding hydrogens is 564 g/mol. The van der Waals surface area contributed by atoms with Crippen molar-refractivity contribution in [3.05, 3.63) is 63.9 Å². The highest BCUT2D eigenvalue weighted by Crippen LogP contribution is 2.22. The molecule has 5 nitrogen and oxygen atoms in total. The molecule has 6 heteroatoms. The van der Waals surface area contributed by atoms with Crippen molar-refractivity contribution in [3.63, 3.8) is 0 Å². The molecule has 1 fully saturated rings. The van der Waals surface area contributed by atoms with Crippen LogP contribution in [0.3, 0.4) is 0 Å². The van der Waals surface area contributed by atoms with Crippen molar-refractivity contribution in [3.8, 4) is 0 Å². The van der Waals surface area contributed by atoms with Crippen molar-refractivity contribution in [2.24, 2.45) is 11.7 Å². The molecule has 1 aliphatic carbocycles. The second kappa shape index (κ2) is 34.8. The van der Waals surface area contributed by atoms with Gasteiger partial charge in [-0.3, -0.25) is 14.4 Å². The number of amides is 2. The van der Waals surface area contributed by atoms with Crippen molar-refractivity contribution < 1.29 is 14.4 Å². The van der Waals surface area contributed by atoms with Gasteiger partial charge in [0.15, 0.2) is 5.78 Å². The number of anilines is 1. The number of hydrogen-bond acceptors (Lipinski definition) is 4. The Kier molecular flexibility index (Phi) is 38.1. The van der Waals surface area contributed by atoms with E-state index >= 15 is 0 Å². The Hall–Kier alpha value is -2.73. The zero-order chi connectivity index (χ0) is 34.9. The topological polar surface area (TPSA) is 80.5 Å². The first-order valence-corrected chi connectivity index (χ1v) is 17.3. The van der Waals surface area contributed by atoms with Crippen molar-refractivity contribution in [1.29, 1.82) is 0 Å². The predicted molar refractivity (Wildman–Crippen MR) is 198 cm³/mol. The summed E-state index contributed by atoms with van der Waals surface area (Å²) in [5, 5.41) is 1.90. The zero-order valence-electron chi connectivity index (χ0n) is 30.6. The monoisotopic (exact) mass is 632 g/mol. The Morgan fingerprint density at radius 3 is 1.68 bits per heavy atom. The standard InChI is InChI=1S/C10H13NO.C7H14.C6H6OS.C5H10.C4H9NO.2C3H8/c1-8-4-5-10(6-9(8)2)11(3)7-12;1-7-5-3-2-4-6-7;1-5(7)6-3-2-4-8-6;1-4-5(2)3;1-2-3-4(5)6;2*1-3-2/h4-7H,1-3H3;7H,2-6H2,1H3;2-4H,1H3;2,4H2,1,3H3;2-3H2,1H3,(H2,5,6);2*3H2,1-2H3. The van der Waals surface area contributed by atoms with Crippen LogP contribution < -0.4 is 10.6 Å². The zero-order valence-corrected chi connectivity index (χ0v) is 31.4. The van der Waals surface area contributed by atoms with Crippen LogP contribution in [-0.4, -0.2) is 25.1 Å². The first-order chi connectivity index (χ1) is 20.7. The van der Waals surface area contributed by atoms with Crippen LogP contribution in [-0.2, 0) is 9.59 Å². The number of hydrogen-bond donors (Lipinski definition) is 1. The van der Waals surface area contributed by atoms with Crippen molar-refractivity contribution in [2.75, 3.05) is 11.9 Å². The number of carbonyl (C=O) groups is 3. The Morgan fingerprint density at radius 1 is 0.955 bits per heavy atom. The average molecular weight is 633 g/mol. The van der Waals surface area contributed by atoms with Crippen LogP contribution in [0.15, 0.2) is 47.9 Å². The number of allylic oxidation sites excluding steroid dienone is 1. The number of ketones is 1. The van der Waals surface area contributed by atoms with Gasteiger partial charge in [0.25, 0.3) is 0 Å². The van der Waals surface area contributed by atoms with Gasteiger partial charge in [-0.25, -0.2) is 0 Å². The first-order valence-electron chi connectivity index (χ1n) is 16.4. The van der Waals surface area contributed by atoms with Crippen LogP contribution in [0.2, 0.25) is 0 Å². The van der Waals surface area contributed by atoms with Crippen molar-refractivity contribution in [2.45, 2.75) is 140 Å². The normalized spacial score (nSPS) is 11.1. The summed E-state index contributed by atoms with van der Waals surface area (Å²) in [6.45, 7) is 26.3. The Bertz CT molecular complexity index is 947. The molecule has 0 saturated heterocycles. The van der Waals surface area contributed by atoms with E-state index in [9.17, 15) is 14.4 Å². The summed E-state index contributed by atoms with van der Waals surface area (Å²) in [6.07, 6.45) is 13.2. The molecule has 1 heterocycles. The lowest BCUT2D eigenvalue weighted by Crippen LogP contribution is -2.13. The molecule has 1 aromatic heterocycles. The molecule has 1 aromatic carbocycles. The minimum Gasteiger partial charge on any atom is -0.370 e. The number of nitrogens with two attached hydrogens (primary N) is 1. The van der Waals surface area contributed by atoms with Crippen LogP contribution in [0.1, 0.15) is 147 Å². The minimum absolute atomic E-state index is 0.153. The van der Waals surface area contributed by atoms with Crippen molar-refractivity contribution >= 4 is 35.1 Å². The Balaban J connectivity index is -0.000000224. The van der Waals surface area contributed by atoms with E-state index < -0.39 is 0 Å². The maximum absolute atomic E-state index is 10.5. The van der Waals surface area contributed by atoms with E-state index in [1.807, 2.05) is 56.5 Å². The summed E-state index contributed by atoms with van der Waals surface area (Å²) in [5.41, 5.74) is 9.41. The Morgan fingerprint density at radius 2 is 1.45 bits per heavy atom. The fraction of sp³-hybridized carbons (Fsp3) is 0.605. The molecule has 2 aromatic rings. The average Bonchev–Trinajstić information content (AvgIpc) is 3.53. The molecular formula is C38H68N2O3S. The number of primary amides is 1. The predicted octanol–water partition coefficient (Wildman–Crippen LogP) is 11.5. The number of thiophene rings is 1. The molecule has 0 radical (unpaired) electrons. The molecule has 0 unspecified atom stereocenters. The van der Waals surface area contributed by atoms with Gasteiger partial charge in [-0.2, -0.15) is 0 Å². The van der Waals surface area contributed by atoms with E-state index in [2.05, 4.69) is 55.0 Å². The van der Waals surface area contributed by atoms with Gasteiger partial charge in [0.2, 0.25) is 12.3 Å². The van der Waals surface area contributed by atoms with Gasteiger partial charge >= 0.3 is 0 Å². The van der Waals surface area contributed by atoms with Crippen molar-refractivity contribution in [1.82, 2.24) is 0 Å². The van der Waals surface area contributed by atoms with E-state index in [4.69, 9.17) is 5.73 Å². The summed E-state index contributed by atoms with van der Waals surface area (Å²) in [4.78, 5) is 33.2. The third-order valence-electron chi connectivity index (χ3n) is 5.92. The van der Waals surface area contributed by atoms with E-state index in [-0.39, 0.29) is 11.7 Å². The minimum atomic E-state index is -0.211. The highest BCUT2D eigenvalue weighted by molar-refractivity contribution is 7.12. The molecule has 0 spiro atoms. The SMILES string of the molecule is C=C(C)CC.CC(=O)c1cccs1.CC1CCCCC1.CCC.CCC.CCCC(N)=O.Cc1ccc(N(C)C=O)cc1C. The second-order valence-corrected chi connectivity index (χ2v) is 12.2. The van der Waals surface area contributed by atoms with E-state index in [0.29, 0.717) is 6.42 Å². The van der Waals surface area contributed by atoms with Gasteiger partial charge in [0, 0.05) is 19.2 Å². The van der Waals surface area contributed by atoms with Crippen LogP contribution in [0.5, 0.6) is 0 Å². The summed E-state index contributed by atoms with van der Waals surface area (Å²) in [6, 6.07) is 9.67. The highest BCUT2D eigenvalue weighted by Gasteiger charge is 2.06. The maximum atomic E-state index is 10.5. The number of aryl methyl sites for hydroxylation is 2. The lowest BCUT2D eigenvalue weighted by atomic mass is 9.91. The van der Waals surface area contributed by atoms with Crippen LogP contribution in [0.25, 0.3) is 0 Å². The summed E-state index contributed by atoms with van der Waals surface area (Å²) >= 11 is 1.48. The third kappa shape index (κ3) is 35.5. The van der Waals surface area contributed by atoms with Crippen LogP contribution >= 0.6 is 11.3 Å². The fourth-order valence-corrected chi connectivity index (χ4v) is 3.66. The summed E-state index contributed by atoms with van der Waals surface area (Å²) in [7, 11) is 1.75. The molecule has 0 bridgehead atoms.